The van der Waals surface area contributed by atoms with Crippen LogP contribution >= 0.6 is 0 Å². The molecule has 0 radical (unpaired) electrons. The number of benzene rings is 1. The fraction of sp³-hybridized carbons (Fsp3) is 0.625. The number of rotatable bonds is 9. The van der Waals surface area contributed by atoms with E-state index < -0.39 is 10.0 Å². The maximum atomic E-state index is 12.0. The third-order valence-corrected chi connectivity index (χ3v) is 5.36. The van der Waals surface area contributed by atoms with Gasteiger partial charge in [-0.3, -0.25) is 0 Å². The van der Waals surface area contributed by atoms with Crippen LogP contribution in [0.15, 0.2) is 29.2 Å². The van der Waals surface area contributed by atoms with Gasteiger partial charge in [-0.1, -0.05) is 26.7 Å². The molecule has 0 aromatic heterocycles. The fourth-order valence-electron chi connectivity index (χ4n) is 2.37. The molecule has 1 aromatic rings. The van der Waals surface area contributed by atoms with E-state index >= 15 is 0 Å². The molecule has 1 unspecified atom stereocenters. The first kappa shape index (κ1) is 16.3. The second-order valence-corrected chi connectivity index (χ2v) is 7.62. The molecule has 21 heavy (non-hydrogen) atoms. The minimum Gasteiger partial charge on any atom is -0.382 e. The highest BCUT2D eigenvalue weighted by Gasteiger charge is 2.24. The van der Waals surface area contributed by atoms with Crippen molar-refractivity contribution >= 4 is 15.7 Å². The van der Waals surface area contributed by atoms with Crippen LogP contribution < -0.4 is 10.0 Å². The first-order valence-corrected chi connectivity index (χ1v) is 9.39. The van der Waals surface area contributed by atoms with Crippen molar-refractivity contribution in [2.24, 2.45) is 5.92 Å². The van der Waals surface area contributed by atoms with Crippen LogP contribution in [0.1, 0.15) is 46.0 Å². The molecule has 0 bridgehead atoms. The van der Waals surface area contributed by atoms with Crippen LogP contribution in [0.25, 0.3) is 0 Å². The maximum Gasteiger partial charge on any atom is 0.240 e. The number of hydrogen-bond acceptors (Lipinski definition) is 3. The fourth-order valence-corrected chi connectivity index (χ4v) is 3.50. The Morgan fingerprint density at radius 1 is 1.19 bits per heavy atom. The Morgan fingerprint density at radius 3 is 2.38 bits per heavy atom. The van der Waals surface area contributed by atoms with Crippen LogP contribution in [0.5, 0.6) is 0 Å². The van der Waals surface area contributed by atoms with Crippen LogP contribution in [0.3, 0.4) is 0 Å². The van der Waals surface area contributed by atoms with Gasteiger partial charge in [0.25, 0.3) is 0 Å². The number of anilines is 1. The Labute approximate surface area is 128 Å². The summed E-state index contributed by atoms with van der Waals surface area (Å²) in [7, 11) is -3.36. The molecule has 1 saturated carbocycles. The normalized spacial score (nSPS) is 16.7. The summed E-state index contributed by atoms with van der Waals surface area (Å²) in [5.41, 5.74) is 0.997. The van der Waals surface area contributed by atoms with Gasteiger partial charge in [-0.25, -0.2) is 13.1 Å². The molecule has 5 heteroatoms. The van der Waals surface area contributed by atoms with E-state index in [0.29, 0.717) is 17.5 Å². The van der Waals surface area contributed by atoms with Crippen LogP contribution in [-0.2, 0) is 10.0 Å². The summed E-state index contributed by atoms with van der Waals surface area (Å²) in [5.74, 6) is 0.889. The molecule has 1 aliphatic rings. The quantitative estimate of drug-likeness (QED) is 0.735. The van der Waals surface area contributed by atoms with E-state index in [-0.39, 0.29) is 0 Å². The lowest BCUT2D eigenvalue weighted by atomic mass is 10.1. The van der Waals surface area contributed by atoms with Gasteiger partial charge in [0, 0.05) is 18.3 Å². The van der Waals surface area contributed by atoms with Crippen molar-refractivity contribution in [2.75, 3.05) is 11.9 Å². The van der Waals surface area contributed by atoms with Crippen molar-refractivity contribution in [3.05, 3.63) is 24.3 Å². The zero-order chi connectivity index (χ0) is 15.3. The third-order valence-electron chi connectivity index (χ3n) is 3.89. The molecule has 0 saturated heterocycles. The highest BCUT2D eigenvalue weighted by molar-refractivity contribution is 7.89. The van der Waals surface area contributed by atoms with Gasteiger partial charge in [0.1, 0.15) is 0 Å². The Morgan fingerprint density at radius 2 is 1.86 bits per heavy atom. The zero-order valence-electron chi connectivity index (χ0n) is 12.9. The van der Waals surface area contributed by atoms with E-state index in [4.69, 9.17) is 0 Å². The summed E-state index contributed by atoms with van der Waals surface area (Å²) in [6.07, 6.45) is 5.82. The standard InChI is InChI=1S/C16H26N2O2S/c1-3-11-17-21(19,20)16-9-7-15(8-10-16)18-14(4-2)12-13-5-6-13/h7-10,13-14,17-18H,3-6,11-12H2,1-2H3. The highest BCUT2D eigenvalue weighted by atomic mass is 32.2. The molecule has 0 aliphatic heterocycles. The number of nitrogens with one attached hydrogen (secondary N) is 2. The van der Waals surface area contributed by atoms with Gasteiger partial charge in [0.05, 0.1) is 4.90 Å². The Balaban J connectivity index is 1.97. The molecule has 4 nitrogen and oxygen atoms in total. The molecule has 0 spiro atoms. The predicted octanol–water partition coefficient (Wildman–Crippen LogP) is 3.37. The van der Waals surface area contributed by atoms with E-state index in [1.165, 1.54) is 19.3 Å². The van der Waals surface area contributed by atoms with Gasteiger partial charge in [-0.15, -0.1) is 0 Å². The van der Waals surface area contributed by atoms with Crippen molar-refractivity contribution in [3.8, 4) is 0 Å². The Kier molecular flexibility index (Phi) is 5.65. The lowest BCUT2D eigenvalue weighted by Gasteiger charge is -2.18. The van der Waals surface area contributed by atoms with Crippen LogP contribution in [0.4, 0.5) is 5.69 Å². The largest absolute Gasteiger partial charge is 0.382 e. The third kappa shape index (κ3) is 5.00. The molecular weight excluding hydrogens is 284 g/mol. The molecule has 0 heterocycles. The Hall–Kier alpha value is -1.07. The topological polar surface area (TPSA) is 58.2 Å². The molecule has 1 aromatic carbocycles. The molecule has 1 fully saturated rings. The van der Waals surface area contributed by atoms with E-state index in [1.54, 1.807) is 12.1 Å². The van der Waals surface area contributed by atoms with E-state index in [0.717, 1.165) is 24.4 Å². The van der Waals surface area contributed by atoms with Crippen molar-refractivity contribution in [3.63, 3.8) is 0 Å². The molecule has 2 rings (SSSR count). The second-order valence-electron chi connectivity index (χ2n) is 5.85. The van der Waals surface area contributed by atoms with Gasteiger partial charge in [0.2, 0.25) is 10.0 Å². The summed E-state index contributed by atoms with van der Waals surface area (Å²) in [5, 5.41) is 3.51. The van der Waals surface area contributed by atoms with Crippen molar-refractivity contribution in [1.29, 1.82) is 0 Å². The van der Waals surface area contributed by atoms with Gasteiger partial charge < -0.3 is 5.32 Å². The summed E-state index contributed by atoms with van der Waals surface area (Å²) in [6.45, 7) is 4.61. The average Bonchev–Trinajstić information content (AvgIpc) is 3.29. The first-order valence-electron chi connectivity index (χ1n) is 7.91. The lowest BCUT2D eigenvalue weighted by Crippen LogP contribution is -2.24. The minimum atomic E-state index is -3.36. The number of sulfonamides is 1. The highest BCUT2D eigenvalue weighted by Crippen LogP contribution is 2.34. The van der Waals surface area contributed by atoms with Crippen molar-refractivity contribution in [1.82, 2.24) is 4.72 Å². The predicted molar refractivity (Wildman–Crippen MR) is 87.0 cm³/mol. The zero-order valence-corrected chi connectivity index (χ0v) is 13.7. The summed E-state index contributed by atoms with van der Waals surface area (Å²) in [4.78, 5) is 0.330. The monoisotopic (exact) mass is 310 g/mol. The molecule has 0 amide bonds. The second kappa shape index (κ2) is 7.27. The van der Waals surface area contributed by atoms with E-state index in [9.17, 15) is 8.42 Å². The van der Waals surface area contributed by atoms with Gasteiger partial charge >= 0.3 is 0 Å². The molecule has 2 N–H and O–H groups in total. The minimum absolute atomic E-state index is 0.330. The smallest absolute Gasteiger partial charge is 0.240 e. The van der Waals surface area contributed by atoms with Crippen molar-refractivity contribution in [2.45, 2.75) is 56.9 Å². The van der Waals surface area contributed by atoms with Crippen LogP contribution in [0.2, 0.25) is 0 Å². The summed E-state index contributed by atoms with van der Waals surface area (Å²) < 4.78 is 26.6. The van der Waals surface area contributed by atoms with Crippen LogP contribution in [0, 0.1) is 5.92 Å². The SMILES string of the molecule is CCCNS(=O)(=O)c1ccc(NC(CC)CC2CC2)cc1. The summed E-state index contributed by atoms with van der Waals surface area (Å²) in [6, 6.07) is 7.54. The number of hydrogen-bond donors (Lipinski definition) is 2. The van der Waals surface area contributed by atoms with Gasteiger partial charge in [-0.05, 0) is 49.4 Å². The van der Waals surface area contributed by atoms with Crippen molar-refractivity contribution < 1.29 is 8.42 Å². The lowest BCUT2D eigenvalue weighted by molar-refractivity contribution is 0.580. The molecule has 118 valence electrons. The van der Waals surface area contributed by atoms with Gasteiger partial charge in [0.15, 0.2) is 0 Å². The molecule has 1 atom stereocenters. The molecule has 1 aliphatic carbocycles. The van der Waals surface area contributed by atoms with Gasteiger partial charge in [-0.2, -0.15) is 0 Å². The average molecular weight is 310 g/mol. The summed E-state index contributed by atoms with van der Waals surface area (Å²) >= 11 is 0. The molecular formula is C16H26N2O2S. The maximum absolute atomic E-state index is 12.0. The van der Waals surface area contributed by atoms with Crippen LogP contribution in [-0.4, -0.2) is 21.0 Å². The van der Waals surface area contributed by atoms with E-state index in [2.05, 4.69) is 17.0 Å². The van der Waals surface area contributed by atoms with E-state index in [1.807, 2.05) is 19.1 Å². The Bertz CT molecular complexity index is 536. The first-order chi connectivity index (χ1) is 10.0.